The smallest absolute Gasteiger partial charge is 0.312 e. The van der Waals surface area contributed by atoms with E-state index in [1.165, 1.54) is 18.5 Å². The normalized spacial score (nSPS) is 11.2. The maximum atomic E-state index is 12.1. The van der Waals surface area contributed by atoms with Crippen LogP contribution in [0.4, 0.5) is 5.69 Å². The van der Waals surface area contributed by atoms with Gasteiger partial charge in [0.25, 0.3) is 11.8 Å². The minimum atomic E-state index is -0.572. The van der Waals surface area contributed by atoms with E-state index in [1.54, 1.807) is 31.2 Å². The van der Waals surface area contributed by atoms with Crippen molar-refractivity contribution in [1.82, 2.24) is 15.2 Å². The number of hydrogen-bond donors (Lipinski definition) is 2. The monoisotopic (exact) mass is 388 g/mol. The zero-order valence-electron chi connectivity index (χ0n) is 15.6. The van der Waals surface area contributed by atoms with Crippen LogP contribution in [0.5, 0.6) is 5.75 Å². The summed E-state index contributed by atoms with van der Waals surface area (Å²) < 4.78 is 6.43. The topological polar surface area (TPSA) is 155 Å². The Bertz CT molecular complexity index is 932. The summed E-state index contributed by atoms with van der Waals surface area (Å²) in [7, 11) is 0. The lowest BCUT2D eigenvalue weighted by Gasteiger charge is -2.06. The van der Waals surface area contributed by atoms with Crippen LogP contribution in [0.15, 0.2) is 29.4 Å². The zero-order chi connectivity index (χ0) is 20.8. The van der Waals surface area contributed by atoms with E-state index in [4.69, 9.17) is 10.5 Å². The molecule has 1 aromatic heterocycles. The molecule has 11 nitrogen and oxygen atoms in total. The van der Waals surface area contributed by atoms with E-state index in [0.29, 0.717) is 17.2 Å². The first kappa shape index (κ1) is 20.6. The maximum absolute atomic E-state index is 12.1. The molecule has 0 bridgehead atoms. The summed E-state index contributed by atoms with van der Waals surface area (Å²) in [5.74, 6) is -0.566. The second-order valence-electron chi connectivity index (χ2n) is 5.95. The van der Waals surface area contributed by atoms with Gasteiger partial charge in [0.05, 0.1) is 10.6 Å². The van der Waals surface area contributed by atoms with Crippen molar-refractivity contribution in [2.24, 2.45) is 10.8 Å². The van der Waals surface area contributed by atoms with Crippen LogP contribution in [0, 0.1) is 24.0 Å². The van der Waals surface area contributed by atoms with Gasteiger partial charge in [-0.2, -0.15) is 10.2 Å². The molecule has 0 radical (unpaired) electrons. The van der Waals surface area contributed by atoms with E-state index in [1.807, 2.05) is 0 Å². The third-order valence-corrected chi connectivity index (χ3v) is 3.82. The number of nitro groups is 1. The van der Waals surface area contributed by atoms with E-state index in [2.05, 4.69) is 15.6 Å². The number of nitrogens with two attached hydrogens (primary N) is 1. The summed E-state index contributed by atoms with van der Waals surface area (Å²) in [6.45, 7) is 4.33. The first-order valence-corrected chi connectivity index (χ1v) is 8.22. The molecular weight excluding hydrogens is 368 g/mol. The van der Waals surface area contributed by atoms with Gasteiger partial charge >= 0.3 is 5.69 Å². The van der Waals surface area contributed by atoms with Crippen molar-refractivity contribution >= 4 is 23.2 Å². The molecule has 0 unspecified atom stereocenters. The molecular formula is C17H20N6O5. The summed E-state index contributed by atoms with van der Waals surface area (Å²) in [5, 5.41) is 19.0. The molecule has 0 fully saturated rings. The van der Waals surface area contributed by atoms with Crippen LogP contribution >= 0.6 is 0 Å². The number of ether oxygens (including phenoxy) is 1. The molecule has 2 amide bonds. The lowest BCUT2D eigenvalue weighted by molar-refractivity contribution is -0.386. The number of aryl methyl sites for hydroxylation is 1. The van der Waals surface area contributed by atoms with Crippen molar-refractivity contribution < 1.29 is 19.2 Å². The van der Waals surface area contributed by atoms with Crippen molar-refractivity contribution in [2.75, 3.05) is 6.61 Å². The van der Waals surface area contributed by atoms with Crippen molar-refractivity contribution in [3.63, 3.8) is 0 Å². The predicted molar refractivity (Wildman–Crippen MR) is 99.8 cm³/mol. The van der Waals surface area contributed by atoms with Crippen molar-refractivity contribution in [2.45, 2.75) is 27.3 Å². The van der Waals surface area contributed by atoms with Gasteiger partial charge in [0.15, 0.2) is 6.61 Å². The fourth-order valence-electron chi connectivity index (χ4n) is 2.43. The molecule has 1 aromatic carbocycles. The average Bonchev–Trinajstić information content (AvgIpc) is 2.91. The highest BCUT2D eigenvalue weighted by Crippen LogP contribution is 2.21. The second-order valence-corrected chi connectivity index (χ2v) is 5.95. The molecule has 0 aliphatic rings. The maximum Gasteiger partial charge on any atom is 0.312 e. The Hall–Kier alpha value is -3.76. The fraction of sp³-hybridized carbons (Fsp3) is 0.294. The quantitative estimate of drug-likeness (QED) is 0.387. The Labute approximate surface area is 160 Å². The minimum absolute atomic E-state index is 0.105. The third kappa shape index (κ3) is 5.13. The summed E-state index contributed by atoms with van der Waals surface area (Å²) in [4.78, 5) is 33.3. The fourth-order valence-corrected chi connectivity index (χ4v) is 2.43. The molecule has 0 saturated carbocycles. The van der Waals surface area contributed by atoms with Crippen LogP contribution in [-0.2, 0) is 16.1 Å². The van der Waals surface area contributed by atoms with E-state index in [9.17, 15) is 19.7 Å². The van der Waals surface area contributed by atoms with Gasteiger partial charge < -0.3 is 10.5 Å². The summed E-state index contributed by atoms with van der Waals surface area (Å²) in [6, 6.07) is 6.72. The van der Waals surface area contributed by atoms with E-state index >= 15 is 0 Å². The summed E-state index contributed by atoms with van der Waals surface area (Å²) in [6.07, 6.45) is 0. The number of nitrogens with one attached hydrogen (secondary N) is 1. The largest absolute Gasteiger partial charge is 0.484 e. The molecule has 28 heavy (non-hydrogen) atoms. The Morgan fingerprint density at radius 1 is 1.32 bits per heavy atom. The number of rotatable bonds is 8. The molecule has 1 heterocycles. The lowest BCUT2D eigenvalue weighted by Crippen LogP contribution is -2.25. The Morgan fingerprint density at radius 3 is 2.50 bits per heavy atom. The molecule has 2 rings (SSSR count). The van der Waals surface area contributed by atoms with Gasteiger partial charge in [-0.25, -0.2) is 5.43 Å². The Kier molecular flexibility index (Phi) is 6.42. The molecule has 148 valence electrons. The first-order chi connectivity index (χ1) is 13.2. The first-order valence-electron chi connectivity index (χ1n) is 8.22. The van der Waals surface area contributed by atoms with E-state index < -0.39 is 16.7 Å². The highest BCUT2D eigenvalue weighted by molar-refractivity contribution is 5.99. The molecule has 0 aliphatic heterocycles. The van der Waals surface area contributed by atoms with Crippen LogP contribution in [0.25, 0.3) is 0 Å². The van der Waals surface area contributed by atoms with Crippen LogP contribution in [0.2, 0.25) is 0 Å². The highest BCUT2D eigenvalue weighted by Gasteiger charge is 2.22. The van der Waals surface area contributed by atoms with Crippen LogP contribution in [0.1, 0.15) is 23.9 Å². The number of hydrogen-bond acceptors (Lipinski definition) is 7. The van der Waals surface area contributed by atoms with Crippen molar-refractivity contribution in [1.29, 1.82) is 0 Å². The number of aromatic nitrogens is 2. The lowest BCUT2D eigenvalue weighted by atomic mass is 10.1. The molecule has 0 saturated heterocycles. The standard InChI is InChI=1S/C17H20N6O5/c1-10(13-4-6-14(7-5-13)28-9-15(18)24)19-20-16(25)8-22-12(3)17(23(26)27)11(2)21-22/h4-7H,8-9H2,1-3H3,(H2,18,24)(H,20,25)/b19-10+. The van der Waals surface area contributed by atoms with Crippen LogP contribution in [-0.4, -0.2) is 38.8 Å². The number of carbonyl (C=O) groups is 2. The predicted octanol–water partition coefficient (Wildman–Crippen LogP) is 0.813. The summed E-state index contributed by atoms with van der Waals surface area (Å²) >= 11 is 0. The van der Waals surface area contributed by atoms with E-state index in [-0.39, 0.29) is 24.5 Å². The summed E-state index contributed by atoms with van der Waals surface area (Å²) in [5.41, 5.74) is 9.11. The number of carbonyl (C=O) groups excluding carboxylic acids is 2. The van der Waals surface area contributed by atoms with E-state index in [0.717, 1.165) is 5.56 Å². The van der Waals surface area contributed by atoms with Gasteiger partial charge in [0.2, 0.25) is 0 Å². The average molecular weight is 388 g/mol. The van der Waals surface area contributed by atoms with Crippen molar-refractivity contribution in [3.05, 3.63) is 51.3 Å². The Balaban J connectivity index is 1.99. The van der Waals surface area contributed by atoms with Crippen LogP contribution < -0.4 is 15.9 Å². The zero-order valence-corrected chi connectivity index (χ0v) is 15.6. The molecule has 3 N–H and O–H groups in total. The molecule has 0 aliphatic carbocycles. The number of amides is 2. The van der Waals surface area contributed by atoms with Crippen LogP contribution in [0.3, 0.4) is 0 Å². The molecule has 11 heteroatoms. The number of hydrazone groups is 1. The van der Waals surface area contributed by atoms with Gasteiger partial charge in [-0.1, -0.05) is 0 Å². The molecule has 0 atom stereocenters. The van der Waals surface area contributed by atoms with Crippen molar-refractivity contribution in [3.8, 4) is 5.75 Å². The highest BCUT2D eigenvalue weighted by atomic mass is 16.6. The van der Waals surface area contributed by atoms with Gasteiger partial charge in [-0.05, 0) is 50.6 Å². The van der Waals surface area contributed by atoms with Gasteiger partial charge in [0.1, 0.15) is 23.7 Å². The number of nitrogens with zero attached hydrogens (tertiary/aromatic N) is 4. The van der Waals surface area contributed by atoms with Gasteiger partial charge in [0, 0.05) is 0 Å². The molecule has 0 spiro atoms. The SMILES string of the molecule is C/C(=N\NC(=O)Cn1nc(C)c([N+](=O)[O-])c1C)c1ccc(OCC(N)=O)cc1. The Morgan fingerprint density at radius 2 is 1.96 bits per heavy atom. The third-order valence-electron chi connectivity index (χ3n) is 3.82. The number of benzene rings is 1. The number of primary amides is 1. The van der Waals surface area contributed by atoms with Gasteiger partial charge in [-0.15, -0.1) is 0 Å². The molecule has 2 aromatic rings. The van der Waals surface area contributed by atoms with Gasteiger partial charge in [-0.3, -0.25) is 24.4 Å². The second kappa shape index (κ2) is 8.75. The minimum Gasteiger partial charge on any atom is -0.484 e.